The third kappa shape index (κ3) is 3.29. The van der Waals surface area contributed by atoms with Crippen molar-refractivity contribution in [2.24, 2.45) is 0 Å². The van der Waals surface area contributed by atoms with Crippen molar-refractivity contribution in [3.05, 3.63) is 65.1 Å². The van der Waals surface area contributed by atoms with Crippen molar-refractivity contribution in [3.63, 3.8) is 0 Å². The van der Waals surface area contributed by atoms with E-state index in [0.717, 1.165) is 23.2 Å². The van der Waals surface area contributed by atoms with Crippen LogP contribution in [0.2, 0.25) is 5.15 Å². The number of fused-ring (bicyclic) bond motifs is 1. The van der Waals surface area contributed by atoms with Gasteiger partial charge < -0.3 is 9.32 Å². The van der Waals surface area contributed by atoms with E-state index < -0.39 is 0 Å². The van der Waals surface area contributed by atoms with Gasteiger partial charge in [-0.2, -0.15) is 0 Å². The zero-order chi connectivity index (χ0) is 17.1. The molecule has 3 aromatic rings. The van der Waals surface area contributed by atoms with Crippen molar-refractivity contribution in [2.45, 2.75) is 26.3 Å². The third-order valence-corrected chi connectivity index (χ3v) is 4.23. The minimum Gasteiger partial charge on any atom is -0.459 e. The van der Waals surface area contributed by atoms with Gasteiger partial charge in [0.1, 0.15) is 16.5 Å². The first-order valence-electron chi connectivity index (χ1n) is 8.01. The number of pyridine rings is 1. The van der Waals surface area contributed by atoms with Crippen molar-refractivity contribution in [2.75, 3.05) is 6.54 Å². The van der Waals surface area contributed by atoms with Gasteiger partial charge in [-0.3, -0.25) is 4.79 Å². The fourth-order valence-electron chi connectivity index (χ4n) is 2.78. The Morgan fingerprint density at radius 1 is 1.29 bits per heavy atom. The van der Waals surface area contributed by atoms with E-state index in [0.29, 0.717) is 17.3 Å². The van der Waals surface area contributed by atoms with E-state index in [2.05, 4.69) is 4.98 Å². The van der Waals surface area contributed by atoms with E-state index in [1.807, 2.05) is 49.1 Å². The maximum absolute atomic E-state index is 12.9. The van der Waals surface area contributed by atoms with Gasteiger partial charge in [0.2, 0.25) is 0 Å². The first-order valence-corrected chi connectivity index (χ1v) is 8.39. The van der Waals surface area contributed by atoms with Crippen LogP contribution < -0.4 is 0 Å². The SMILES string of the molecule is CCCN(C(=O)c1ccnc(Cl)c1)C(C)c1cc2ccccc2o1. The highest BCUT2D eigenvalue weighted by Gasteiger charge is 2.25. The molecular weight excluding hydrogens is 324 g/mol. The molecule has 4 nitrogen and oxygen atoms in total. The number of amides is 1. The van der Waals surface area contributed by atoms with Crippen molar-refractivity contribution >= 4 is 28.5 Å². The second kappa shape index (κ2) is 7.05. The molecule has 5 heteroatoms. The van der Waals surface area contributed by atoms with Gasteiger partial charge in [-0.25, -0.2) is 4.98 Å². The van der Waals surface area contributed by atoms with E-state index in [1.165, 1.54) is 0 Å². The van der Waals surface area contributed by atoms with Gasteiger partial charge in [-0.15, -0.1) is 0 Å². The second-order valence-corrected chi connectivity index (χ2v) is 6.12. The molecule has 0 spiro atoms. The number of carbonyl (C=O) groups is 1. The Kier molecular flexibility index (Phi) is 4.86. The largest absolute Gasteiger partial charge is 0.459 e. The Morgan fingerprint density at radius 3 is 2.79 bits per heavy atom. The van der Waals surface area contributed by atoms with Crippen LogP contribution in [-0.4, -0.2) is 22.3 Å². The normalized spacial score (nSPS) is 12.3. The summed E-state index contributed by atoms with van der Waals surface area (Å²) in [5.41, 5.74) is 1.36. The van der Waals surface area contributed by atoms with Gasteiger partial charge in [0, 0.05) is 23.7 Å². The molecule has 0 saturated carbocycles. The number of hydrogen-bond acceptors (Lipinski definition) is 3. The molecule has 0 radical (unpaired) electrons. The lowest BCUT2D eigenvalue weighted by molar-refractivity contribution is 0.0672. The lowest BCUT2D eigenvalue weighted by Crippen LogP contribution is -2.34. The van der Waals surface area contributed by atoms with Gasteiger partial charge in [0.25, 0.3) is 5.91 Å². The number of para-hydroxylation sites is 1. The maximum atomic E-state index is 12.9. The quantitative estimate of drug-likeness (QED) is 0.606. The Hall–Kier alpha value is -2.33. The van der Waals surface area contributed by atoms with Gasteiger partial charge >= 0.3 is 0 Å². The topological polar surface area (TPSA) is 46.3 Å². The number of halogens is 1. The molecule has 0 aliphatic rings. The van der Waals surface area contributed by atoms with Gasteiger partial charge in [0.05, 0.1) is 6.04 Å². The lowest BCUT2D eigenvalue weighted by Gasteiger charge is -2.27. The number of nitrogens with zero attached hydrogens (tertiary/aromatic N) is 2. The molecular formula is C19H19ClN2O2. The molecule has 0 aliphatic heterocycles. The Labute approximate surface area is 146 Å². The number of rotatable bonds is 5. The molecule has 2 heterocycles. The molecule has 0 saturated heterocycles. The monoisotopic (exact) mass is 342 g/mol. The van der Waals surface area contributed by atoms with Crippen LogP contribution in [0.15, 0.2) is 53.1 Å². The van der Waals surface area contributed by atoms with Gasteiger partial charge in [-0.05, 0) is 37.6 Å². The van der Waals surface area contributed by atoms with Crippen molar-refractivity contribution in [1.82, 2.24) is 9.88 Å². The van der Waals surface area contributed by atoms with Crippen LogP contribution in [-0.2, 0) is 0 Å². The Morgan fingerprint density at radius 2 is 2.08 bits per heavy atom. The predicted molar refractivity (Wildman–Crippen MR) is 95.2 cm³/mol. The fraction of sp³-hybridized carbons (Fsp3) is 0.263. The number of aromatic nitrogens is 1. The van der Waals surface area contributed by atoms with Crippen LogP contribution in [0, 0.1) is 0 Å². The van der Waals surface area contributed by atoms with Crippen LogP contribution in [0.4, 0.5) is 0 Å². The molecule has 0 fully saturated rings. The van der Waals surface area contributed by atoms with Crippen molar-refractivity contribution < 1.29 is 9.21 Å². The van der Waals surface area contributed by atoms with Crippen LogP contribution >= 0.6 is 11.6 Å². The summed E-state index contributed by atoms with van der Waals surface area (Å²) in [6.45, 7) is 4.66. The number of furan rings is 1. The van der Waals surface area contributed by atoms with Gasteiger partial charge in [0.15, 0.2) is 0 Å². The van der Waals surface area contributed by atoms with Crippen LogP contribution in [0.25, 0.3) is 11.0 Å². The average molecular weight is 343 g/mol. The molecule has 0 aliphatic carbocycles. The van der Waals surface area contributed by atoms with E-state index in [1.54, 1.807) is 18.3 Å². The van der Waals surface area contributed by atoms with Crippen LogP contribution in [0.5, 0.6) is 0 Å². The molecule has 3 rings (SSSR count). The molecule has 0 N–H and O–H groups in total. The predicted octanol–water partition coefficient (Wildman–Crippen LogP) is 5.09. The highest BCUT2D eigenvalue weighted by Crippen LogP contribution is 2.28. The third-order valence-electron chi connectivity index (χ3n) is 4.02. The highest BCUT2D eigenvalue weighted by atomic mass is 35.5. The summed E-state index contributed by atoms with van der Waals surface area (Å²) < 4.78 is 5.93. The lowest BCUT2D eigenvalue weighted by atomic mass is 10.1. The Balaban J connectivity index is 1.93. The first-order chi connectivity index (χ1) is 11.6. The fourth-order valence-corrected chi connectivity index (χ4v) is 2.95. The van der Waals surface area contributed by atoms with E-state index in [-0.39, 0.29) is 11.9 Å². The molecule has 1 amide bonds. The number of carbonyl (C=O) groups excluding carboxylic acids is 1. The average Bonchev–Trinajstić information content (AvgIpc) is 3.02. The molecule has 124 valence electrons. The molecule has 0 bridgehead atoms. The first kappa shape index (κ1) is 16.5. The highest BCUT2D eigenvalue weighted by molar-refractivity contribution is 6.29. The summed E-state index contributed by atoms with van der Waals surface area (Å²) in [5.74, 6) is 0.701. The second-order valence-electron chi connectivity index (χ2n) is 5.73. The zero-order valence-corrected chi connectivity index (χ0v) is 14.5. The van der Waals surface area contributed by atoms with Crippen molar-refractivity contribution in [3.8, 4) is 0 Å². The summed E-state index contributed by atoms with van der Waals surface area (Å²) in [6.07, 6.45) is 2.40. The van der Waals surface area contributed by atoms with Gasteiger partial charge in [-0.1, -0.05) is 36.7 Å². The number of hydrogen-bond donors (Lipinski definition) is 0. The van der Waals surface area contributed by atoms with Crippen LogP contribution in [0.1, 0.15) is 42.4 Å². The summed E-state index contributed by atoms with van der Waals surface area (Å²) in [7, 11) is 0. The van der Waals surface area contributed by atoms with Crippen LogP contribution in [0.3, 0.4) is 0 Å². The smallest absolute Gasteiger partial charge is 0.254 e. The number of benzene rings is 1. The van der Waals surface area contributed by atoms with E-state index >= 15 is 0 Å². The molecule has 24 heavy (non-hydrogen) atoms. The minimum atomic E-state index is -0.170. The zero-order valence-electron chi connectivity index (χ0n) is 13.7. The van der Waals surface area contributed by atoms with Crippen molar-refractivity contribution in [1.29, 1.82) is 0 Å². The standard InChI is InChI=1S/C19H19ClN2O2/c1-3-10-22(19(23)15-8-9-21-18(20)12-15)13(2)17-11-14-6-4-5-7-16(14)24-17/h4-9,11-13H,3,10H2,1-2H3. The summed E-state index contributed by atoms with van der Waals surface area (Å²) in [6, 6.07) is 12.9. The molecule has 2 aromatic heterocycles. The molecule has 1 aromatic carbocycles. The molecule has 1 unspecified atom stereocenters. The summed E-state index contributed by atoms with van der Waals surface area (Å²) in [4.78, 5) is 18.7. The summed E-state index contributed by atoms with van der Waals surface area (Å²) in [5, 5.41) is 1.35. The Bertz CT molecular complexity index is 826. The molecule has 1 atom stereocenters. The minimum absolute atomic E-state index is 0.0749. The van der Waals surface area contributed by atoms with E-state index in [9.17, 15) is 4.79 Å². The summed E-state index contributed by atoms with van der Waals surface area (Å²) >= 11 is 5.92. The van der Waals surface area contributed by atoms with E-state index in [4.69, 9.17) is 16.0 Å². The maximum Gasteiger partial charge on any atom is 0.254 e.